The molecule has 0 aliphatic carbocycles. The summed E-state index contributed by atoms with van der Waals surface area (Å²) in [5.74, 6) is 1.41. The van der Waals surface area contributed by atoms with E-state index in [4.69, 9.17) is 14.2 Å². The van der Waals surface area contributed by atoms with Crippen molar-refractivity contribution in [3.8, 4) is 11.5 Å². The third kappa shape index (κ3) is 4.69. The number of benzene rings is 1. The summed E-state index contributed by atoms with van der Waals surface area (Å²) in [6.07, 6.45) is 2.60. The Morgan fingerprint density at radius 2 is 2.05 bits per heavy atom. The van der Waals surface area contributed by atoms with E-state index in [0.29, 0.717) is 11.5 Å². The summed E-state index contributed by atoms with van der Waals surface area (Å²) in [5, 5.41) is 0. The normalized spacial score (nSPS) is 13.7. The Bertz CT molecular complexity index is 432. The van der Waals surface area contributed by atoms with E-state index in [1.807, 2.05) is 26.0 Å². The van der Waals surface area contributed by atoms with Crippen molar-refractivity contribution in [3.05, 3.63) is 27.8 Å². The van der Waals surface area contributed by atoms with Gasteiger partial charge in [-0.05, 0) is 60.6 Å². The van der Waals surface area contributed by atoms with Crippen molar-refractivity contribution < 1.29 is 14.2 Å². The van der Waals surface area contributed by atoms with Gasteiger partial charge in [-0.2, -0.15) is 0 Å². The van der Waals surface area contributed by atoms with Gasteiger partial charge in [0.25, 0.3) is 0 Å². The van der Waals surface area contributed by atoms with Crippen LogP contribution >= 0.6 is 22.6 Å². The lowest BCUT2D eigenvalue weighted by molar-refractivity contribution is -0.103. The Morgan fingerprint density at radius 1 is 1.37 bits per heavy atom. The Balaban J connectivity index is 2.90. The first-order valence-electron chi connectivity index (χ1n) is 6.33. The van der Waals surface area contributed by atoms with E-state index in [-0.39, 0.29) is 12.4 Å². The summed E-state index contributed by atoms with van der Waals surface area (Å²) in [4.78, 5) is 0. The molecule has 2 atom stereocenters. The Labute approximate surface area is 129 Å². The minimum atomic E-state index is -0.313. The van der Waals surface area contributed by atoms with Gasteiger partial charge < -0.3 is 14.2 Å². The summed E-state index contributed by atoms with van der Waals surface area (Å²) in [5.41, 5.74) is 1.00. The molecule has 19 heavy (non-hydrogen) atoms. The summed E-state index contributed by atoms with van der Waals surface area (Å²) >= 11 is 2.23. The summed E-state index contributed by atoms with van der Waals surface area (Å²) in [6.45, 7) is 9.77. The molecule has 0 radical (unpaired) electrons. The minimum absolute atomic E-state index is 0.172. The molecular weight excluding hydrogens is 355 g/mol. The first-order chi connectivity index (χ1) is 9.01. The molecule has 0 saturated carbocycles. The predicted molar refractivity (Wildman–Crippen MR) is 86.7 cm³/mol. The number of ether oxygens (including phenoxy) is 3. The molecule has 0 amide bonds. The average molecular weight is 376 g/mol. The molecule has 0 heterocycles. The molecule has 3 nitrogen and oxygen atoms in total. The lowest BCUT2D eigenvalue weighted by atomic mass is 10.2. The zero-order valence-electron chi connectivity index (χ0n) is 11.9. The summed E-state index contributed by atoms with van der Waals surface area (Å²) < 4.78 is 17.9. The van der Waals surface area contributed by atoms with E-state index in [1.54, 1.807) is 13.2 Å². The van der Waals surface area contributed by atoms with Crippen molar-refractivity contribution in [1.82, 2.24) is 0 Å². The molecule has 1 aromatic carbocycles. The van der Waals surface area contributed by atoms with E-state index < -0.39 is 0 Å². The van der Waals surface area contributed by atoms with Crippen molar-refractivity contribution in [3.63, 3.8) is 0 Å². The first-order valence-corrected chi connectivity index (χ1v) is 7.41. The van der Waals surface area contributed by atoms with E-state index >= 15 is 0 Å². The molecule has 1 rings (SSSR count). The second kappa shape index (κ2) is 7.75. The smallest absolute Gasteiger partial charge is 0.197 e. The lowest BCUT2D eigenvalue weighted by Gasteiger charge is -2.21. The van der Waals surface area contributed by atoms with Gasteiger partial charge >= 0.3 is 0 Å². The van der Waals surface area contributed by atoms with Gasteiger partial charge in [-0.25, -0.2) is 0 Å². The van der Waals surface area contributed by atoms with Crippen LogP contribution in [-0.4, -0.2) is 19.5 Å². The molecule has 106 valence electrons. The number of rotatable bonds is 7. The third-order valence-electron chi connectivity index (χ3n) is 2.77. The van der Waals surface area contributed by atoms with Crippen LogP contribution in [0.4, 0.5) is 0 Å². The van der Waals surface area contributed by atoms with Crippen LogP contribution in [0.5, 0.6) is 11.5 Å². The fourth-order valence-electron chi connectivity index (χ4n) is 1.59. The van der Waals surface area contributed by atoms with E-state index in [0.717, 1.165) is 15.6 Å². The van der Waals surface area contributed by atoms with Crippen LogP contribution in [0, 0.1) is 3.57 Å². The highest BCUT2D eigenvalue weighted by molar-refractivity contribution is 14.1. The van der Waals surface area contributed by atoms with Gasteiger partial charge in [-0.3, -0.25) is 0 Å². The van der Waals surface area contributed by atoms with Crippen LogP contribution in [0.3, 0.4) is 0 Å². The largest absolute Gasteiger partial charge is 0.493 e. The SMILES string of the molecule is C=Cc1cc(I)c(OC(C)OC(C)CC)c(OC)c1. The molecule has 1 aromatic rings. The molecule has 2 unspecified atom stereocenters. The molecule has 0 spiro atoms. The van der Waals surface area contributed by atoms with Gasteiger partial charge in [-0.1, -0.05) is 19.6 Å². The van der Waals surface area contributed by atoms with Crippen LogP contribution in [0.2, 0.25) is 0 Å². The Kier molecular flexibility index (Phi) is 6.65. The molecule has 0 saturated heterocycles. The Morgan fingerprint density at radius 3 is 2.58 bits per heavy atom. The van der Waals surface area contributed by atoms with Crippen molar-refractivity contribution in [2.75, 3.05) is 7.11 Å². The van der Waals surface area contributed by atoms with Gasteiger partial charge in [0.05, 0.1) is 16.8 Å². The highest BCUT2D eigenvalue weighted by Crippen LogP contribution is 2.35. The van der Waals surface area contributed by atoms with Gasteiger partial charge in [0.1, 0.15) is 0 Å². The quantitative estimate of drug-likeness (QED) is 0.519. The monoisotopic (exact) mass is 376 g/mol. The van der Waals surface area contributed by atoms with Crippen molar-refractivity contribution in [2.45, 2.75) is 39.6 Å². The molecular formula is C15H21IO3. The third-order valence-corrected chi connectivity index (χ3v) is 3.57. The maximum absolute atomic E-state index is 5.85. The molecule has 4 heteroatoms. The summed E-state index contributed by atoms with van der Waals surface area (Å²) in [7, 11) is 1.63. The molecule has 0 fully saturated rings. The molecule has 0 N–H and O–H groups in total. The zero-order chi connectivity index (χ0) is 14.4. The second-order valence-corrected chi connectivity index (χ2v) is 5.44. The standard InChI is InChI=1S/C15H21IO3/c1-6-10(3)18-11(4)19-15-13(16)8-12(7-2)9-14(15)17-5/h7-11H,2,6H2,1,3-5H3. The van der Waals surface area contributed by atoms with Crippen molar-refractivity contribution >= 4 is 28.7 Å². The van der Waals surface area contributed by atoms with Crippen LogP contribution in [0.1, 0.15) is 32.8 Å². The number of hydrogen-bond acceptors (Lipinski definition) is 3. The van der Waals surface area contributed by atoms with Crippen molar-refractivity contribution in [1.29, 1.82) is 0 Å². The molecule has 0 aliphatic heterocycles. The highest BCUT2D eigenvalue weighted by atomic mass is 127. The summed E-state index contributed by atoms with van der Waals surface area (Å²) in [6, 6.07) is 3.90. The van der Waals surface area contributed by atoms with Crippen LogP contribution in [-0.2, 0) is 4.74 Å². The van der Waals surface area contributed by atoms with Gasteiger partial charge in [-0.15, -0.1) is 0 Å². The minimum Gasteiger partial charge on any atom is -0.493 e. The molecule has 0 bridgehead atoms. The van der Waals surface area contributed by atoms with Crippen LogP contribution in [0.25, 0.3) is 6.08 Å². The Hall–Kier alpha value is -0.750. The number of hydrogen-bond donors (Lipinski definition) is 0. The van der Waals surface area contributed by atoms with E-state index in [1.165, 1.54) is 0 Å². The van der Waals surface area contributed by atoms with E-state index in [9.17, 15) is 0 Å². The average Bonchev–Trinajstić information content (AvgIpc) is 2.40. The van der Waals surface area contributed by atoms with Crippen molar-refractivity contribution in [2.24, 2.45) is 0 Å². The van der Waals surface area contributed by atoms with Gasteiger partial charge in [0, 0.05) is 0 Å². The topological polar surface area (TPSA) is 27.7 Å². The zero-order valence-corrected chi connectivity index (χ0v) is 14.1. The second-order valence-electron chi connectivity index (χ2n) is 4.28. The predicted octanol–water partition coefficient (Wildman–Crippen LogP) is 4.48. The van der Waals surface area contributed by atoms with E-state index in [2.05, 4.69) is 36.1 Å². The molecule has 0 aliphatic rings. The fourth-order valence-corrected chi connectivity index (χ4v) is 2.34. The van der Waals surface area contributed by atoms with Gasteiger partial charge in [0.15, 0.2) is 17.8 Å². The fraction of sp³-hybridized carbons (Fsp3) is 0.467. The van der Waals surface area contributed by atoms with Crippen LogP contribution < -0.4 is 9.47 Å². The van der Waals surface area contributed by atoms with Crippen LogP contribution in [0.15, 0.2) is 18.7 Å². The first kappa shape index (κ1) is 16.3. The number of halogens is 1. The maximum Gasteiger partial charge on any atom is 0.197 e. The highest BCUT2D eigenvalue weighted by Gasteiger charge is 2.15. The molecule has 0 aromatic heterocycles. The lowest BCUT2D eigenvalue weighted by Crippen LogP contribution is -2.22. The maximum atomic E-state index is 5.85. The number of methoxy groups -OCH3 is 1. The van der Waals surface area contributed by atoms with Gasteiger partial charge in [0.2, 0.25) is 0 Å².